The van der Waals surface area contributed by atoms with Gasteiger partial charge in [0, 0.05) is 5.69 Å². The number of benzene rings is 2. The minimum atomic E-state index is -4.72. The molecular formula is C13H12N2O4S. The number of amides is 2. The molecule has 2 N–H and O–H groups in total. The Morgan fingerprint density at radius 1 is 0.950 bits per heavy atom. The predicted molar refractivity (Wildman–Crippen MR) is 75.9 cm³/mol. The van der Waals surface area contributed by atoms with Gasteiger partial charge in [0.1, 0.15) is 0 Å². The molecule has 7 heteroatoms. The lowest BCUT2D eigenvalue weighted by Gasteiger charge is -2.19. The number of carbonyl (C=O) groups is 1. The minimum Gasteiger partial charge on any atom is -0.307 e. The van der Waals surface area contributed by atoms with Gasteiger partial charge in [0.2, 0.25) is 0 Å². The van der Waals surface area contributed by atoms with Crippen molar-refractivity contribution < 1.29 is 17.8 Å². The Morgan fingerprint density at radius 2 is 1.45 bits per heavy atom. The molecule has 0 bridgehead atoms. The summed E-state index contributed by atoms with van der Waals surface area (Å²) < 4.78 is 32.3. The van der Waals surface area contributed by atoms with Gasteiger partial charge in [-0.3, -0.25) is 4.55 Å². The lowest BCUT2D eigenvalue weighted by Crippen LogP contribution is -2.39. The maximum Gasteiger partial charge on any atom is 0.368 e. The topological polar surface area (TPSA) is 86.7 Å². The third-order valence-corrected chi connectivity index (χ3v) is 3.27. The lowest BCUT2D eigenvalue weighted by atomic mass is 10.3. The van der Waals surface area contributed by atoms with E-state index in [1.54, 1.807) is 48.5 Å². The largest absolute Gasteiger partial charge is 0.368 e. The first-order valence-electron chi connectivity index (χ1n) is 5.67. The van der Waals surface area contributed by atoms with Crippen molar-refractivity contribution in [3.05, 3.63) is 60.7 Å². The molecule has 0 aliphatic heterocycles. The van der Waals surface area contributed by atoms with Crippen LogP contribution in [-0.4, -0.2) is 19.0 Å². The van der Waals surface area contributed by atoms with Gasteiger partial charge in [-0.25, -0.2) is 4.79 Å². The molecular weight excluding hydrogens is 280 g/mol. The smallest absolute Gasteiger partial charge is 0.307 e. The monoisotopic (exact) mass is 292 g/mol. The molecule has 0 aliphatic carbocycles. The number of carbonyl (C=O) groups excluding carboxylic acids is 1. The van der Waals surface area contributed by atoms with E-state index in [4.69, 9.17) is 0 Å². The fourth-order valence-electron chi connectivity index (χ4n) is 1.61. The van der Waals surface area contributed by atoms with E-state index in [0.29, 0.717) is 9.99 Å². The summed E-state index contributed by atoms with van der Waals surface area (Å²) in [5, 5.41) is 2.39. The van der Waals surface area contributed by atoms with Crippen LogP contribution in [0.2, 0.25) is 0 Å². The molecule has 0 unspecified atom stereocenters. The fourth-order valence-corrected chi connectivity index (χ4v) is 2.26. The molecule has 104 valence electrons. The summed E-state index contributed by atoms with van der Waals surface area (Å²) >= 11 is 0. The van der Waals surface area contributed by atoms with Gasteiger partial charge in [-0.2, -0.15) is 12.7 Å². The SMILES string of the molecule is O=C(Nc1ccccc1)N(c1ccccc1)S(=O)(=O)O. The van der Waals surface area contributed by atoms with Crippen molar-refractivity contribution in [2.24, 2.45) is 0 Å². The van der Waals surface area contributed by atoms with E-state index in [-0.39, 0.29) is 5.69 Å². The van der Waals surface area contributed by atoms with Crippen LogP contribution in [0.15, 0.2) is 60.7 Å². The van der Waals surface area contributed by atoms with Crippen LogP contribution in [0.3, 0.4) is 0 Å². The summed E-state index contributed by atoms with van der Waals surface area (Å²) in [6, 6.07) is 15.0. The van der Waals surface area contributed by atoms with Gasteiger partial charge < -0.3 is 5.32 Å². The van der Waals surface area contributed by atoms with Crippen LogP contribution in [0, 0.1) is 0 Å². The highest BCUT2D eigenvalue weighted by molar-refractivity contribution is 7.88. The molecule has 0 fully saturated rings. The van der Waals surface area contributed by atoms with Gasteiger partial charge in [0.05, 0.1) is 5.69 Å². The Kier molecular flexibility index (Phi) is 4.02. The third-order valence-electron chi connectivity index (χ3n) is 2.43. The minimum absolute atomic E-state index is 0.0448. The zero-order valence-corrected chi connectivity index (χ0v) is 11.1. The molecule has 2 aromatic carbocycles. The molecule has 0 radical (unpaired) electrons. The number of hydrogen-bond donors (Lipinski definition) is 2. The second-order valence-electron chi connectivity index (χ2n) is 3.87. The molecule has 20 heavy (non-hydrogen) atoms. The molecule has 2 aromatic rings. The first-order valence-corrected chi connectivity index (χ1v) is 7.07. The fraction of sp³-hybridized carbons (Fsp3) is 0. The highest BCUT2D eigenvalue weighted by Crippen LogP contribution is 2.18. The third kappa shape index (κ3) is 3.34. The number of urea groups is 1. The van der Waals surface area contributed by atoms with Crippen LogP contribution in [0.25, 0.3) is 0 Å². The molecule has 0 aromatic heterocycles. The zero-order chi connectivity index (χ0) is 14.6. The molecule has 0 saturated heterocycles. The Hall–Kier alpha value is -2.38. The number of rotatable bonds is 3. The summed E-state index contributed by atoms with van der Waals surface area (Å²) in [5.41, 5.74) is 0.463. The number of anilines is 2. The normalized spacial score (nSPS) is 10.8. The van der Waals surface area contributed by atoms with E-state index in [2.05, 4.69) is 5.32 Å². The van der Waals surface area contributed by atoms with Crippen LogP contribution in [0.5, 0.6) is 0 Å². The number of para-hydroxylation sites is 2. The van der Waals surface area contributed by atoms with Crippen molar-refractivity contribution in [3.63, 3.8) is 0 Å². The Morgan fingerprint density at radius 3 is 1.95 bits per heavy atom. The molecule has 2 amide bonds. The van der Waals surface area contributed by atoms with Gasteiger partial charge in [-0.15, -0.1) is 0 Å². The second-order valence-corrected chi connectivity index (χ2v) is 5.13. The van der Waals surface area contributed by atoms with Crippen molar-refractivity contribution in [2.75, 3.05) is 9.62 Å². The van der Waals surface area contributed by atoms with Crippen LogP contribution < -0.4 is 9.62 Å². The van der Waals surface area contributed by atoms with Gasteiger partial charge >= 0.3 is 16.3 Å². The van der Waals surface area contributed by atoms with Crippen LogP contribution in [0.1, 0.15) is 0 Å². The van der Waals surface area contributed by atoms with Gasteiger partial charge in [-0.1, -0.05) is 36.4 Å². The number of nitrogens with one attached hydrogen (secondary N) is 1. The predicted octanol–water partition coefficient (Wildman–Crippen LogP) is 2.53. The molecule has 0 spiro atoms. The number of nitrogens with zero attached hydrogens (tertiary/aromatic N) is 1. The first kappa shape index (κ1) is 14.0. The molecule has 2 rings (SSSR count). The second kappa shape index (κ2) is 5.72. The summed E-state index contributed by atoms with van der Waals surface area (Å²) in [6.07, 6.45) is 0. The standard InChI is InChI=1S/C13H12N2O4S/c16-13(14-11-7-3-1-4-8-11)15(20(17,18)19)12-9-5-2-6-10-12/h1-10H,(H,14,16)(H,17,18,19). The Labute approximate surface area is 116 Å². The maximum absolute atomic E-state index is 12.0. The van der Waals surface area contributed by atoms with Crippen molar-refractivity contribution in [1.29, 1.82) is 0 Å². The van der Waals surface area contributed by atoms with Crippen molar-refractivity contribution in [1.82, 2.24) is 0 Å². The lowest BCUT2D eigenvalue weighted by molar-refractivity contribution is 0.259. The maximum atomic E-state index is 12.0. The average Bonchev–Trinajstić information content (AvgIpc) is 2.39. The van der Waals surface area contributed by atoms with E-state index in [1.807, 2.05) is 0 Å². The molecule has 0 atom stereocenters. The molecule has 6 nitrogen and oxygen atoms in total. The van der Waals surface area contributed by atoms with Gasteiger partial charge in [-0.05, 0) is 24.3 Å². The molecule has 0 aliphatic rings. The number of hydrogen-bond acceptors (Lipinski definition) is 3. The Bertz CT molecular complexity index is 687. The van der Waals surface area contributed by atoms with Crippen LogP contribution in [0.4, 0.5) is 16.2 Å². The quantitative estimate of drug-likeness (QED) is 0.851. The highest BCUT2D eigenvalue weighted by atomic mass is 32.2. The summed E-state index contributed by atoms with van der Waals surface area (Å²) in [4.78, 5) is 12.0. The van der Waals surface area contributed by atoms with Gasteiger partial charge in [0.15, 0.2) is 0 Å². The first-order chi connectivity index (χ1) is 9.48. The Balaban J connectivity index is 2.31. The van der Waals surface area contributed by atoms with Gasteiger partial charge in [0.25, 0.3) is 0 Å². The summed E-state index contributed by atoms with van der Waals surface area (Å²) in [5.74, 6) is 0. The summed E-state index contributed by atoms with van der Waals surface area (Å²) in [7, 11) is -4.72. The van der Waals surface area contributed by atoms with Crippen molar-refractivity contribution in [3.8, 4) is 0 Å². The molecule has 0 heterocycles. The van der Waals surface area contributed by atoms with E-state index in [9.17, 15) is 17.8 Å². The summed E-state index contributed by atoms with van der Waals surface area (Å²) in [6.45, 7) is 0. The van der Waals surface area contributed by atoms with E-state index in [0.717, 1.165) is 0 Å². The van der Waals surface area contributed by atoms with E-state index < -0.39 is 16.3 Å². The van der Waals surface area contributed by atoms with E-state index in [1.165, 1.54) is 12.1 Å². The van der Waals surface area contributed by atoms with Crippen LogP contribution >= 0.6 is 0 Å². The average molecular weight is 292 g/mol. The van der Waals surface area contributed by atoms with Crippen molar-refractivity contribution >= 4 is 27.7 Å². The molecule has 0 saturated carbocycles. The van der Waals surface area contributed by atoms with E-state index >= 15 is 0 Å². The zero-order valence-electron chi connectivity index (χ0n) is 10.3. The van der Waals surface area contributed by atoms with Crippen LogP contribution in [-0.2, 0) is 10.3 Å². The van der Waals surface area contributed by atoms with Crippen molar-refractivity contribution in [2.45, 2.75) is 0 Å². The highest BCUT2D eigenvalue weighted by Gasteiger charge is 2.27.